The quantitative estimate of drug-likeness (QED) is 0.0868. The van der Waals surface area contributed by atoms with Gasteiger partial charge in [0, 0.05) is 19.4 Å². The Morgan fingerprint density at radius 3 is 1.80 bits per heavy atom. The number of carbonyl (C=O) groups excluding carboxylic acids is 3. The van der Waals surface area contributed by atoms with E-state index in [0.29, 0.717) is 18.0 Å². The van der Waals surface area contributed by atoms with E-state index in [1.54, 1.807) is 76.4 Å². The van der Waals surface area contributed by atoms with Crippen LogP contribution < -0.4 is 25.4 Å². The van der Waals surface area contributed by atoms with E-state index in [9.17, 15) is 14.4 Å². The molecule has 3 amide bonds. The summed E-state index contributed by atoms with van der Waals surface area (Å²) in [4.78, 5) is 47.9. The highest BCUT2D eigenvalue weighted by atomic mass is 17.1. The third kappa shape index (κ3) is 14.6. The highest BCUT2D eigenvalue weighted by Crippen LogP contribution is 2.17. The van der Waals surface area contributed by atoms with E-state index in [2.05, 4.69) is 32.6 Å². The van der Waals surface area contributed by atoms with Crippen molar-refractivity contribution in [2.45, 2.75) is 83.6 Å². The van der Waals surface area contributed by atoms with Crippen LogP contribution in [0.5, 0.6) is 11.5 Å². The second-order valence-electron chi connectivity index (χ2n) is 11.5. The van der Waals surface area contributed by atoms with Crippen LogP contribution in [0, 0.1) is 0 Å². The normalized spacial score (nSPS) is 12.6. The maximum atomic E-state index is 13.7. The molecule has 2 rings (SSSR count). The maximum absolute atomic E-state index is 13.7. The molecule has 2 atom stereocenters. The Morgan fingerprint density at radius 1 is 0.778 bits per heavy atom. The Balaban J connectivity index is 2.26. The van der Waals surface area contributed by atoms with Crippen molar-refractivity contribution in [1.29, 1.82) is 0 Å². The van der Waals surface area contributed by atoms with Crippen molar-refractivity contribution in [3.05, 3.63) is 59.7 Å². The van der Waals surface area contributed by atoms with E-state index >= 15 is 0 Å². The first-order valence-electron chi connectivity index (χ1n) is 15.0. The molecule has 0 spiro atoms. The molecule has 5 N–H and O–H groups in total. The molecule has 0 aromatic heterocycles. The molecule has 0 bridgehead atoms. The molecule has 0 aliphatic heterocycles. The number of ether oxygens (including phenoxy) is 3. The zero-order valence-corrected chi connectivity index (χ0v) is 26.7. The van der Waals surface area contributed by atoms with Crippen molar-refractivity contribution >= 4 is 17.9 Å². The molecule has 13 heteroatoms. The Bertz CT molecular complexity index is 1160. The topological polar surface area (TPSA) is 174 Å². The number of methoxy groups -OCH3 is 1. The number of carbonyl (C=O) groups is 3. The molecule has 0 fully saturated rings. The Labute approximate surface area is 264 Å². The van der Waals surface area contributed by atoms with E-state index in [0.717, 1.165) is 30.4 Å². The van der Waals surface area contributed by atoms with Crippen LogP contribution in [-0.4, -0.2) is 79.1 Å². The van der Waals surface area contributed by atoms with Gasteiger partial charge in [-0.2, -0.15) is 0 Å². The first-order valence-corrected chi connectivity index (χ1v) is 15.0. The molecule has 13 nitrogen and oxygen atoms in total. The van der Waals surface area contributed by atoms with Crippen molar-refractivity contribution in [2.75, 3.05) is 26.9 Å². The smallest absolute Gasteiger partial charge is 0.408 e. The molecule has 250 valence electrons. The van der Waals surface area contributed by atoms with Crippen LogP contribution in [0.2, 0.25) is 0 Å². The predicted molar refractivity (Wildman–Crippen MR) is 166 cm³/mol. The van der Waals surface area contributed by atoms with E-state index in [-0.39, 0.29) is 32.0 Å². The fourth-order valence-electron chi connectivity index (χ4n) is 4.26. The van der Waals surface area contributed by atoms with Crippen LogP contribution in [0.1, 0.15) is 58.1 Å². The van der Waals surface area contributed by atoms with Gasteiger partial charge in [0.15, 0.2) is 6.10 Å². The lowest BCUT2D eigenvalue weighted by Gasteiger charge is -2.25. The standard InChI is InChI=1S/C32H47N3O10/c1-6-7-8-17-33-29(36)27(18-23-11-15-25(16-12-23)44-26(20-42-39)21-43-40)34-30(37)28(35-31(38)45-32(2,3)4)19-22-9-13-24(41-5)14-10-22/h9-16,26-28,39-40H,6-8,17-21H2,1-5H3,(H,33,36)(H,34,37)(H,35,38). The van der Waals surface area contributed by atoms with Gasteiger partial charge in [0.1, 0.15) is 42.4 Å². The van der Waals surface area contributed by atoms with Gasteiger partial charge in [-0.25, -0.2) is 14.6 Å². The van der Waals surface area contributed by atoms with Crippen molar-refractivity contribution in [3.63, 3.8) is 0 Å². The lowest BCUT2D eigenvalue weighted by molar-refractivity contribution is -0.286. The molecule has 2 aromatic rings. The van der Waals surface area contributed by atoms with Crippen LogP contribution in [0.4, 0.5) is 4.79 Å². The van der Waals surface area contributed by atoms with Crippen molar-refractivity contribution in [2.24, 2.45) is 0 Å². The lowest BCUT2D eigenvalue weighted by Crippen LogP contribution is -2.55. The first-order chi connectivity index (χ1) is 21.5. The summed E-state index contributed by atoms with van der Waals surface area (Å²) in [5.74, 6) is 0.139. The SMILES string of the molecule is CCCCCNC(=O)C(Cc1ccc(OC(COO)COO)cc1)NC(=O)C(Cc1ccc(OC)cc1)NC(=O)OC(C)(C)C. The number of rotatable bonds is 19. The second-order valence-corrected chi connectivity index (χ2v) is 11.5. The maximum Gasteiger partial charge on any atom is 0.408 e. The Morgan fingerprint density at radius 2 is 1.31 bits per heavy atom. The number of alkyl carbamates (subject to hydrolysis) is 1. The van der Waals surface area contributed by atoms with Crippen LogP contribution in [-0.2, 0) is 36.9 Å². The number of hydrogen-bond donors (Lipinski definition) is 5. The van der Waals surface area contributed by atoms with Gasteiger partial charge in [0.05, 0.1) is 7.11 Å². The third-order valence-corrected chi connectivity index (χ3v) is 6.51. The minimum Gasteiger partial charge on any atom is -0.497 e. The summed E-state index contributed by atoms with van der Waals surface area (Å²) in [7, 11) is 1.55. The van der Waals surface area contributed by atoms with Crippen LogP contribution in [0.15, 0.2) is 48.5 Å². The Hall–Kier alpha value is -3.91. The number of nitrogens with one attached hydrogen (secondary N) is 3. The number of benzene rings is 2. The minimum atomic E-state index is -1.04. The Kier molecular flexibility index (Phi) is 16.1. The van der Waals surface area contributed by atoms with Gasteiger partial charge >= 0.3 is 6.09 Å². The summed E-state index contributed by atoms with van der Waals surface area (Å²) in [6, 6.07) is 11.8. The largest absolute Gasteiger partial charge is 0.497 e. The minimum absolute atomic E-state index is 0.141. The van der Waals surface area contributed by atoms with Gasteiger partial charge < -0.3 is 30.2 Å². The predicted octanol–water partition coefficient (Wildman–Crippen LogP) is 3.89. The summed E-state index contributed by atoms with van der Waals surface area (Å²) in [6.45, 7) is 7.23. The number of hydrogen-bond acceptors (Lipinski definition) is 10. The molecule has 0 heterocycles. The molecule has 2 unspecified atom stereocenters. The molecule has 0 radical (unpaired) electrons. The van der Waals surface area contributed by atoms with Gasteiger partial charge in [-0.3, -0.25) is 20.1 Å². The fourth-order valence-corrected chi connectivity index (χ4v) is 4.26. The van der Waals surface area contributed by atoms with E-state index in [1.165, 1.54) is 0 Å². The van der Waals surface area contributed by atoms with Gasteiger partial charge in [0.2, 0.25) is 11.8 Å². The summed E-state index contributed by atoms with van der Waals surface area (Å²) in [5, 5.41) is 25.8. The molecule has 45 heavy (non-hydrogen) atoms. The van der Waals surface area contributed by atoms with Gasteiger partial charge in [-0.15, -0.1) is 0 Å². The van der Waals surface area contributed by atoms with Gasteiger partial charge in [-0.05, 0) is 62.6 Å². The van der Waals surface area contributed by atoms with Crippen molar-refractivity contribution in [1.82, 2.24) is 16.0 Å². The highest BCUT2D eigenvalue weighted by Gasteiger charge is 2.29. The number of amides is 3. The second kappa shape index (κ2) is 19.5. The van der Waals surface area contributed by atoms with Crippen molar-refractivity contribution in [3.8, 4) is 11.5 Å². The molecule has 0 saturated heterocycles. The van der Waals surface area contributed by atoms with Crippen LogP contribution in [0.3, 0.4) is 0 Å². The van der Waals surface area contributed by atoms with Crippen molar-refractivity contribution < 1.29 is 48.9 Å². The van der Waals surface area contributed by atoms with E-state index < -0.39 is 35.8 Å². The molecule has 0 saturated carbocycles. The monoisotopic (exact) mass is 633 g/mol. The fraction of sp³-hybridized carbons (Fsp3) is 0.531. The van der Waals surface area contributed by atoms with Gasteiger partial charge in [0.25, 0.3) is 0 Å². The van der Waals surface area contributed by atoms with Crippen LogP contribution >= 0.6 is 0 Å². The summed E-state index contributed by atoms with van der Waals surface area (Å²) in [6.07, 6.45) is 1.50. The summed E-state index contributed by atoms with van der Waals surface area (Å²) >= 11 is 0. The molecule has 0 aliphatic carbocycles. The summed E-state index contributed by atoms with van der Waals surface area (Å²) < 4.78 is 16.3. The van der Waals surface area contributed by atoms with E-state index in [1.807, 2.05) is 0 Å². The molecular formula is C32H47N3O10. The van der Waals surface area contributed by atoms with E-state index in [4.69, 9.17) is 24.7 Å². The average molecular weight is 634 g/mol. The first kappa shape index (κ1) is 37.3. The lowest BCUT2D eigenvalue weighted by atomic mass is 10.0. The summed E-state index contributed by atoms with van der Waals surface area (Å²) in [5.41, 5.74) is 0.703. The third-order valence-electron chi connectivity index (χ3n) is 6.51. The molecule has 2 aromatic carbocycles. The average Bonchev–Trinajstić information content (AvgIpc) is 2.99. The molecule has 0 aliphatic rings. The zero-order valence-electron chi connectivity index (χ0n) is 26.7. The highest BCUT2D eigenvalue weighted by molar-refractivity contribution is 5.91. The van der Waals surface area contributed by atoms with Crippen LogP contribution in [0.25, 0.3) is 0 Å². The molecular weight excluding hydrogens is 586 g/mol. The zero-order chi connectivity index (χ0) is 33.2. The number of unbranched alkanes of at least 4 members (excludes halogenated alkanes) is 2. The van der Waals surface area contributed by atoms with Gasteiger partial charge in [-0.1, -0.05) is 44.0 Å².